The maximum Gasteiger partial charge on any atom is 0.425 e. The molecule has 1 aliphatic carbocycles. The first-order valence-electron chi connectivity index (χ1n) is 8.33. The number of rotatable bonds is 5. The summed E-state index contributed by atoms with van der Waals surface area (Å²) in [4.78, 5) is 0. The van der Waals surface area contributed by atoms with Crippen LogP contribution in [0.2, 0.25) is 0 Å². The van der Waals surface area contributed by atoms with Crippen LogP contribution in [0.25, 0.3) is 0 Å². The first-order chi connectivity index (χ1) is 11.9. The highest BCUT2D eigenvalue weighted by molar-refractivity contribution is 7.90. The monoisotopic (exact) mass is 443 g/mol. The van der Waals surface area contributed by atoms with Crippen molar-refractivity contribution in [1.29, 1.82) is 0 Å². The fourth-order valence-corrected chi connectivity index (χ4v) is 5.86. The molecular formula is C14H22F5NO5S2. The molecular weight excluding hydrogens is 421 g/mol. The lowest BCUT2D eigenvalue weighted by Crippen LogP contribution is -2.64. The van der Waals surface area contributed by atoms with E-state index in [2.05, 4.69) is 0 Å². The van der Waals surface area contributed by atoms with Crippen molar-refractivity contribution in [2.75, 3.05) is 13.1 Å². The van der Waals surface area contributed by atoms with Gasteiger partial charge in [-0.25, -0.2) is 12.8 Å². The summed E-state index contributed by atoms with van der Waals surface area (Å²) >= 11 is 0. The van der Waals surface area contributed by atoms with Crippen LogP contribution in [0, 0.1) is 11.3 Å². The predicted molar refractivity (Wildman–Crippen MR) is 86.1 cm³/mol. The van der Waals surface area contributed by atoms with E-state index in [9.17, 15) is 38.8 Å². The average Bonchev–Trinajstić information content (AvgIpc) is 2.52. The predicted octanol–water partition coefficient (Wildman–Crippen LogP) is 3.02. The second-order valence-electron chi connectivity index (χ2n) is 7.69. The molecule has 13 heteroatoms. The van der Waals surface area contributed by atoms with Crippen LogP contribution in [0.4, 0.5) is 22.0 Å². The molecule has 0 aromatic heterocycles. The minimum Gasteiger partial charge on any atom is -0.283 e. The van der Waals surface area contributed by atoms with Crippen molar-refractivity contribution in [2.45, 2.75) is 62.1 Å². The molecule has 2 fully saturated rings. The third-order valence-electron chi connectivity index (χ3n) is 5.97. The van der Waals surface area contributed by atoms with Gasteiger partial charge in [0.25, 0.3) is 10.0 Å². The molecule has 2 rings (SSSR count). The Labute approximate surface area is 154 Å². The van der Waals surface area contributed by atoms with Gasteiger partial charge in [0.15, 0.2) is 0 Å². The molecule has 1 saturated carbocycles. The molecule has 1 N–H and O–H groups in total. The molecule has 0 spiro atoms. The Morgan fingerprint density at radius 1 is 1.04 bits per heavy atom. The third kappa shape index (κ3) is 3.27. The lowest BCUT2D eigenvalue weighted by atomic mass is 9.64. The lowest BCUT2D eigenvalue weighted by Gasteiger charge is -2.49. The summed E-state index contributed by atoms with van der Waals surface area (Å²) < 4.78 is 126. The van der Waals surface area contributed by atoms with Crippen LogP contribution in [0.5, 0.6) is 0 Å². The fraction of sp³-hybridized carbons (Fsp3) is 1.00. The largest absolute Gasteiger partial charge is 0.425 e. The molecule has 2 aliphatic rings. The summed E-state index contributed by atoms with van der Waals surface area (Å²) in [6.45, 7) is 0.486. The number of fused-ring (bicyclic) bond motifs is 1. The Morgan fingerprint density at radius 3 is 2.11 bits per heavy atom. The molecule has 27 heavy (non-hydrogen) atoms. The van der Waals surface area contributed by atoms with Crippen molar-refractivity contribution >= 4 is 20.1 Å². The highest BCUT2D eigenvalue weighted by atomic mass is 32.2. The quantitative estimate of drug-likeness (QED) is 0.521. The zero-order valence-electron chi connectivity index (χ0n) is 14.8. The molecule has 6 nitrogen and oxygen atoms in total. The number of hydrogen-bond acceptors (Lipinski definition) is 4. The Morgan fingerprint density at radius 2 is 1.59 bits per heavy atom. The summed E-state index contributed by atoms with van der Waals surface area (Å²) in [5.41, 5.74) is -0.300. The molecule has 160 valence electrons. The topological polar surface area (TPSA) is 91.8 Å². The van der Waals surface area contributed by atoms with E-state index in [4.69, 9.17) is 4.55 Å². The SMILES string of the molecule is CC12CCCCC1CN(S(=O)(=O)C(F)(F)C(F)(F)C(C)(F)S(=O)(=O)O)CC2. The van der Waals surface area contributed by atoms with Gasteiger partial charge in [0.1, 0.15) is 0 Å². The minimum atomic E-state index is -6.34. The summed E-state index contributed by atoms with van der Waals surface area (Å²) in [6.07, 6.45) is 3.10. The van der Waals surface area contributed by atoms with Crippen LogP contribution in [0.15, 0.2) is 0 Å². The first-order valence-corrected chi connectivity index (χ1v) is 11.2. The van der Waals surface area contributed by atoms with Gasteiger partial charge in [0, 0.05) is 13.1 Å². The van der Waals surface area contributed by atoms with Gasteiger partial charge in [0.2, 0.25) is 0 Å². The van der Waals surface area contributed by atoms with Gasteiger partial charge in [0.05, 0.1) is 0 Å². The van der Waals surface area contributed by atoms with Crippen molar-refractivity contribution in [3.63, 3.8) is 0 Å². The molecule has 0 aromatic rings. The van der Waals surface area contributed by atoms with Gasteiger partial charge in [-0.3, -0.25) is 4.55 Å². The van der Waals surface area contributed by atoms with Crippen LogP contribution >= 0.6 is 0 Å². The number of sulfonamides is 1. The second-order valence-corrected chi connectivity index (χ2v) is 11.4. The maximum absolute atomic E-state index is 14.3. The summed E-state index contributed by atoms with van der Waals surface area (Å²) in [6, 6.07) is 0. The van der Waals surface area contributed by atoms with Crippen molar-refractivity contribution < 1.29 is 43.3 Å². The molecule has 3 atom stereocenters. The Kier molecular flexibility index (Phi) is 5.47. The fourth-order valence-electron chi connectivity index (χ4n) is 3.79. The van der Waals surface area contributed by atoms with Crippen molar-refractivity contribution in [2.24, 2.45) is 11.3 Å². The van der Waals surface area contributed by atoms with Gasteiger partial charge in [-0.15, -0.1) is 0 Å². The molecule has 1 heterocycles. The van der Waals surface area contributed by atoms with E-state index in [1.807, 2.05) is 6.92 Å². The van der Waals surface area contributed by atoms with E-state index in [1.165, 1.54) is 0 Å². The zero-order chi connectivity index (χ0) is 21.1. The number of hydrogen-bond donors (Lipinski definition) is 1. The second kappa shape index (κ2) is 6.49. The van der Waals surface area contributed by atoms with Gasteiger partial charge in [-0.2, -0.15) is 30.3 Å². The van der Waals surface area contributed by atoms with Gasteiger partial charge in [-0.1, -0.05) is 19.8 Å². The lowest BCUT2D eigenvalue weighted by molar-refractivity contribution is -0.206. The van der Waals surface area contributed by atoms with E-state index in [1.54, 1.807) is 0 Å². The molecule has 0 aromatic carbocycles. The number of piperidine rings is 1. The highest BCUT2D eigenvalue weighted by Crippen LogP contribution is 2.52. The Hall–Kier alpha value is -0.530. The molecule has 0 amide bonds. The van der Waals surface area contributed by atoms with Crippen LogP contribution in [-0.4, -0.2) is 55.0 Å². The van der Waals surface area contributed by atoms with Crippen LogP contribution < -0.4 is 0 Å². The Balaban J connectivity index is 2.40. The minimum absolute atomic E-state index is 0.170. The highest BCUT2D eigenvalue weighted by Gasteiger charge is 2.79. The summed E-state index contributed by atoms with van der Waals surface area (Å²) in [5, 5.41) is -11.3. The van der Waals surface area contributed by atoms with E-state index < -0.39 is 56.3 Å². The first kappa shape index (κ1) is 22.8. The van der Waals surface area contributed by atoms with Gasteiger partial charge in [-0.05, 0) is 37.5 Å². The maximum atomic E-state index is 14.3. The van der Waals surface area contributed by atoms with E-state index in [0.717, 1.165) is 19.3 Å². The van der Waals surface area contributed by atoms with Gasteiger partial charge < -0.3 is 0 Å². The number of halogens is 5. The van der Waals surface area contributed by atoms with Gasteiger partial charge >= 0.3 is 26.3 Å². The molecule has 1 aliphatic heterocycles. The van der Waals surface area contributed by atoms with Crippen LogP contribution in [0.1, 0.15) is 46.0 Å². The smallest absolute Gasteiger partial charge is 0.283 e. The average molecular weight is 443 g/mol. The number of nitrogens with zero attached hydrogens (tertiary/aromatic N) is 1. The molecule has 3 unspecified atom stereocenters. The molecule has 0 bridgehead atoms. The molecule has 0 radical (unpaired) electrons. The van der Waals surface area contributed by atoms with Crippen molar-refractivity contribution in [3.8, 4) is 0 Å². The molecule has 1 saturated heterocycles. The van der Waals surface area contributed by atoms with E-state index >= 15 is 0 Å². The van der Waals surface area contributed by atoms with Crippen LogP contribution in [0.3, 0.4) is 0 Å². The normalized spacial score (nSPS) is 31.2. The zero-order valence-corrected chi connectivity index (χ0v) is 16.4. The van der Waals surface area contributed by atoms with Crippen molar-refractivity contribution in [1.82, 2.24) is 4.31 Å². The third-order valence-corrected chi connectivity index (χ3v) is 9.11. The van der Waals surface area contributed by atoms with E-state index in [0.29, 0.717) is 6.42 Å². The number of alkyl halides is 5. The standard InChI is InChI=1S/C14H22F5NO5S2/c1-11-6-4-3-5-10(11)9-20(8-7-11)26(21,22)14(18,19)13(16,17)12(2,15)27(23,24)25/h10H,3-9H2,1-2H3,(H,23,24,25). The van der Waals surface area contributed by atoms with Crippen molar-refractivity contribution in [3.05, 3.63) is 0 Å². The van der Waals surface area contributed by atoms with Crippen LogP contribution in [-0.2, 0) is 20.1 Å². The summed E-state index contributed by atoms with van der Waals surface area (Å²) in [7, 11) is -12.4. The Bertz CT molecular complexity index is 799. The summed E-state index contributed by atoms with van der Waals surface area (Å²) in [5.74, 6) is -6.54. The van der Waals surface area contributed by atoms with E-state index in [-0.39, 0.29) is 22.1 Å².